The van der Waals surface area contributed by atoms with Crippen LogP contribution in [0.4, 0.5) is 0 Å². The minimum Gasteiger partial charge on any atom is -0.388 e. The van der Waals surface area contributed by atoms with E-state index in [1.54, 1.807) is 0 Å². The first-order valence-electron chi connectivity index (χ1n) is 4.60. The quantitative estimate of drug-likeness (QED) is 0.741. The van der Waals surface area contributed by atoms with Crippen molar-refractivity contribution in [1.82, 2.24) is 0 Å². The first-order valence-corrected chi connectivity index (χ1v) is 4.60. The van der Waals surface area contributed by atoms with E-state index >= 15 is 0 Å². The number of aliphatic hydroxyl groups excluding tert-OH is 1. The maximum atomic E-state index is 9.69. The Morgan fingerprint density at radius 2 is 1.77 bits per heavy atom. The third kappa shape index (κ3) is 2.83. The second-order valence-electron chi connectivity index (χ2n) is 3.51. The van der Waals surface area contributed by atoms with Crippen molar-refractivity contribution in [2.45, 2.75) is 26.4 Å². The number of aliphatic hydroxyl groups is 1. The van der Waals surface area contributed by atoms with Gasteiger partial charge in [-0.15, -0.1) is 0 Å². The van der Waals surface area contributed by atoms with Gasteiger partial charge in [-0.3, -0.25) is 0 Å². The Morgan fingerprint density at radius 3 is 2.23 bits per heavy atom. The summed E-state index contributed by atoms with van der Waals surface area (Å²) in [5.41, 5.74) is 8.73. The van der Waals surface area contributed by atoms with E-state index in [2.05, 4.69) is 6.07 Å². The van der Waals surface area contributed by atoms with Crippen LogP contribution in [-0.4, -0.2) is 11.7 Å². The highest BCUT2D eigenvalue weighted by atomic mass is 16.3. The maximum Gasteiger partial charge on any atom is 0.0802 e. The minimum atomic E-state index is -0.413. The van der Waals surface area contributed by atoms with E-state index in [0.717, 1.165) is 5.56 Å². The Hall–Kier alpha value is -0.860. The van der Waals surface area contributed by atoms with Gasteiger partial charge in [-0.05, 0) is 32.4 Å². The van der Waals surface area contributed by atoms with Gasteiger partial charge in [0.15, 0.2) is 0 Å². The fourth-order valence-electron chi connectivity index (χ4n) is 1.53. The lowest BCUT2D eigenvalue weighted by atomic mass is 10.0. The third-order valence-electron chi connectivity index (χ3n) is 2.07. The summed E-state index contributed by atoms with van der Waals surface area (Å²) in [7, 11) is 0. The van der Waals surface area contributed by atoms with Crippen LogP contribution in [0.5, 0.6) is 0 Å². The average Bonchev–Trinajstić information content (AvgIpc) is 2.03. The van der Waals surface area contributed by atoms with Crippen molar-refractivity contribution in [2.75, 3.05) is 6.54 Å². The molecule has 0 spiro atoms. The van der Waals surface area contributed by atoms with E-state index in [-0.39, 0.29) is 0 Å². The number of hydrogen-bond donors (Lipinski definition) is 2. The van der Waals surface area contributed by atoms with Gasteiger partial charge in [-0.25, -0.2) is 0 Å². The van der Waals surface area contributed by atoms with Crippen LogP contribution in [0.25, 0.3) is 0 Å². The van der Waals surface area contributed by atoms with Gasteiger partial charge in [0.05, 0.1) is 6.10 Å². The SMILES string of the molecule is Cc1cc(C)cc([C@@H](O)CCN)c1. The normalized spacial score (nSPS) is 12.9. The Bertz CT molecular complexity index is 263. The van der Waals surface area contributed by atoms with Crippen LogP contribution < -0.4 is 5.73 Å². The summed E-state index contributed by atoms with van der Waals surface area (Å²) in [6.07, 6.45) is 0.215. The molecule has 0 saturated heterocycles. The van der Waals surface area contributed by atoms with Crippen LogP contribution in [0.2, 0.25) is 0 Å². The zero-order chi connectivity index (χ0) is 9.84. The fraction of sp³-hybridized carbons (Fsp3) is 0.455. The van der Waals surface area contributed by atoms with Crippen LogP contribution in [-0.2, 0) is 0 Å². The van der Waals surface area contributed by atoms with E-state index in [1.807, 2.05) is 26.0 Å². The van der Waals surface area contributed by atoms with Crippen molar-refractivity contribution in [3.05, 3.63) is 34.9 Å². The van der Waals surface area contributed by atoms with Gasteiger partial charge in [-0.1, -0.05) is 29.3 Å². The number of nitrogens with two attached hydrogens (primary N) is 1. The Labute approximate surface area is 79.4 Å². The summed E-state index contributed by atoms with van der Waals surface area (Å²) < 4.78 is 0. The van der Waals surface area contributed by atoms with Crippen molar-refractivity contribution in [3.8, 4) is 0 Å². The first kappa shape index (κ1) is 10.2. The predicted octanol–water partition coefficient (Wildman–Crippen LogP) is 1.69. The molecule has 0 aliphatic heterocycles. The maximum absolute atomic E-state index is 9.69. The van der Waals surface area contributed by atoms with E-state index < -0.39 is 6.10 Å². The molecule has 2 nitrogen and oxygen atoms in total. The zero-order valence-corrected chi connectivity index (χ0v) is 8.25. The standard InChI is InChI=1S/C11H17NO/c1-8-5-9(2)7-10(6-8)11(13)3-4-12/h5-7,11,13H,3-4,12H2,1-2H3/t11-/m0/s1. The molecule has 0 heterocycles. The largest absolute Gasteiger partial charge is 0.388 e. The molecule has 0 aliphatic carbocycles. The molecular weight excluding hydrogens is 162 g/mol. The molecule has 0 fully saturated rings. The lowest BCUT2D eigenvalue weighted by Crippen LogP contribution is -2.07. The molecule has 0 saturated carbocycles. The highest BCUT2D eigenvalue weighted by Crippen LogP contribution is 2.18. The Kier molecular flexibility index (Phi) is 3.46. The van der Waals surface area contributed by atoms with Crippen LogP contribution in [0.15, 0.2) is 18.2 Å². The van der Waals surface area contributed by atoms with Gasteiger partial charge in [0.25, 0.3) is 0 Å². The van der Waals surface area contributed by atoms with Gasteiger partial charge in [0, 0.05) is 0 Å². The van der Waals surface area contributed by atoms with Crippen molar-refractivity contribution in [3.63, 3.8) is 0 Å². The van der Waals surface area contributed by atoms with Crippen molar-refractivity contribution in [2.24, 2.45) is 5.73 Å². The first-order chi connectivity index (χ1) is 6.13. The van der Waals surface area contributed by atoms with E-state index in [0.29, 0.717) is 13.0 Å². The molecule has 0 amide bonds. The molecule has 0 radical (unpaired) electrons. The van der Waals surface area contributed by atoms with Gasteiger partial charge < -0.3 is 10.8 Å². The molecular formula is C11H17NO. The molecule has 1 atom stereocenters. The second kappa shape index (κ2) is 4.40. The number of benzene rings is 1. The van der Waals surface area contributed by atoms with E-state index in [4.69, 9.17) is 5.73 Å². The lowest BCUT2D eigenvalue weighted by molar-refractivity contribution is 0.170. The van der Waals surface area contributed by atoms with E-state index in [9.17, 15) is 5.11 Å². The highest BCUT2D eigenvalue weighted by molar-refractivity contribution is 5.29. The van der Waals surface area contributed by atoms with Crippen molar-refractivity contribution < 1.29 is 5.11 Å². The number of rotatable bonds is 3. The minimum absolute atomic E-state index is 0.413. The number of hydrogen-bond acceptors (Lipinski definition) is 2. The molecule has 1 aromatic rings. The van der Waals surface area contributed by atoms with Crippen LogP contribution in [0.3, 0.4) is 0 Å². The molecule has 0 aromatic heterocycles. The lowest BCUT2D eigenvalue weighted by Gasteiger charge is -2.11. The molecule has 1 aromatic carbocycles. The monoisotopic (exact) mass is 179 g/mol. The summed E-state index contributed by atoms with van der Waals surface area (Å²) in [6.45, 7) is 4.59. The second-order valence-corrected chi connectivity index (χ2v) is 3.51. The average molecular weight is 179 g/mol. The summed E-state index contributed by atoms with van der Waals surface area (Å²) in [5.74, 6) is 0. The summed E-state index contributed by atoms with van der Waals surface area (Å²) in [4.78, 5) is 0. The van der Waals surface area contributed by atoms with E-state index in [1.165, 1.54) is 11.1 Å². The summed E-state index contributed by atoms with van der Waals surface area (Å²) in [6, 6.07) is 6.11. The Morgan fingerprint density at radius 1 is 1.23 bits per heavy atom. The Balaban J connectivity index is 2.87. The van der Waals surface area contributed by atoms with Crippen LogP contribution >= 0.6 is 0 Å². The predicted molar refractivity (Wildman–Crippen MR) is 54.5 cm³/mol. The molecule has 2 heteroatoms. The zero-order valence-electron chi connectivity index (χ0n) is 8.25. The molecule has 1 rings (SSSR count). The fourth-order valence-corrected chi connectivity index (χ4v) is 1.53. The summed E-state index contributed by atoms with van der Waals surface area (Å²) >= 11 is 0. The molecule has 0 aliphatic rings. The smallest absolute Gasteiger partial charge is 0.0802 e. The van der Waals surface area contributed by atoms with Gasteiger partial charge in [0.1, 0.15) is 0 Å². The highest BCUT2D eigenvalue weighted by Gasteiger charge is 2.06. The topological polar surface area (TPSA) is 46.2 Å². The third-order valence-corrected chi connectivity index (χ3v) is 2.07. The van der Waals surface area contributed by atoms with Crippen LogP contribution in [0.1, 0.15) is 29.2 Å². The van der Waals surface area contributed by atoms with Gasteiger partial charge >= 0.3 is 0 Å². The molecule has 0 unspecified atom stereocenters. The summed E-state index contributed by atoms with van der Waals surface area (Å²) in [5, 5.41) is 9.69. The van der Waals surface area contributed by atoms with Crippen molar-refractivity contribution in [1.29, 1.82) is 0 Å². The molecule has 72 valence electrons. The molecule has 3 N–H and O–H groups in total. The molecule has 13 heavy (non-hydrogen) atoms. The molecule has 0 bridgehead atoms. The number of aryl methyl sites for hydroxylation is 2. The van der Waals surface area contributed by atoms with Gasteiger partial charge in [-0.2, -0.15) is 0 Å². The van der Waals surface area contributed by atoms with Gasteiger partial charge in [0.2, 0.25) is 0 Å². The van der Waals surface area contributed by atoms with Crippen LogP contribution in [0, 0.1) is 13.8 Å². The van der Waals surface area contributed by atoms with Crippen molar-refractivity contribution >= 4 is 0 Å².